The van der Waals surface area contributed by atoms with Crippen LogP contribution in [-0.4, -0.2) is 18.3 Å². The number of carbonyl (C=O) groups excluding carboxylic acids is 1. The van der Waals surface area contributed by atoms with Gasteiger partial charge in [0.2, 0.25) is 0 Å². The highest BCUT2D eigenvalue weighted by atomic mass is 32.2. The van der Waals surface area contributed by atoms with E-state index in [2.05, 4.69) is 13.2 Å². The third-order valence-electron chi connectivity index (χ3n) is 3.06. The Kier molecular flexibility index (Phi) is 6.59. The summed E-state index contributed by atoms with van der Waals surface area (Å²) in [5.41, 5.74) is 2.07. The van der Waals surface area contributed by atoms with Crippen molar-refractivity contribution in [2.24, 2.45) is 0 Å². The van der Waals surface area contributed by atoms with Gasteiger partial charge in [0.25, 0.3) is 0 Å². The number of benzene rings is 1. The van der Waals surface area contributed by atoms with Gasteiger partial charge in [-0.15, -0.1) is 24.9 Å². The third kappa shape index (κ3) is 3.54. The molecule has 0 saturated heterocycles. The zero-order valence-electron chi connectivity index (χ0n) is 12.2. The van der Waals surface area contributed by atoms with Crippen molar-refractivity contribution in [3.05, 3.63) is 60.7 Å². The van der Waals surface area contributed by atoms with E-state index in [0.717, 1.165) is 11.1 Å². The SMILES string of the molecule is C=CCSC(CC=C)(C(=O)OCC)c1ccccc1C. The standard InChI is InChI=1S/C17H22O2S/c1-5-12-17(20-13-6-2,16(18)19-7-3)15-11-9-8-10-14(15)4/h5-6,8-11H,1-2,7,12-13H2,3-4H3. The second-order valence-corrected chi connectivity index (χ2v) is 5.77. The van der Waals surface area contributed by atoms with Crippen LogP contribution < -0.4 is 0 Å². The van der Waals surface area contributed by atoms with Crippen LogP contribution in [0.4, 0.5) is 0 Å². The van der Waals surface area contributed by atoms with E-state index in [-0.39, 0.29) is 5.97 Å². The van der Waals surface area contributed by atoms with Gasteiger partial charge in [-0.25, -0.2) is 0 Å². The van der Waals surface area contributed by atoms with Crippen molar-refractivity contribution in [2.75, 3.05) is 12.4 Å². The first-order valence-corrected chi connectivity index (χ1v) is 7.70. The molecule has 20 heavy (non-hydrogen) atoms. The lowest BCUT2D eigenvalue weighted by molar-refractivity contribution is -0.146. The molecule has 0 fully saturated rings. The summed E-state index contributed by atoms with van der Waals surface area (Å²) in [4.78, 5) is 12.6. The van der Waals surface area contributed by atoms with E-state index in [1.165, 1.54) is 0 Å². The summed E-state index contributed by atoms with van der Waals surface area (Å²) in [5, 5.41) is 0. The molecule has 1 aromatic rings. The van der Waals surface area contributed by atoms with Gasteiger partial charge < -0.3 is 4.74 Å². The van der Waals surface area contributed by atoms with E-state index < -0.39 is 4.75 Å². The Morgan fingerprint density at radius 1 is 1.35 bits per heavy atom. The van der Waals surface area contributed by atoms with Crippen LogP contribution in [0.1, 0.15) is 24.5 Å². The Labute approximate surface area is 125 Å². The zero-order valence-corrected chi connectivity index (χ0v) is 13.0. The Morgan fingerprint density at radius 3 is 2.60 bits per heavy atom. The molecule has 1 atom stereocenters. The van der Waals surface area contributed by atoms with Crippen LogP contribution in [0.2, 0.25) is 0 Å². The zero-order chi connectivity index (χ0) is 15.0. The van der Waals surface area contributed by atoms with E-state index in [1.54, 1.807) is 23.9 Å². The van der Waals surface area contributed by atoms with E-state index in [0.29, 0.717) is 18.8 Å². The van der Waals surface area contributed by atoms with Gasteiger partial charge in [-0.1, -0.05) is 36.4 Å². The molecule has 2 nitrogen and oxygen atoms in total. The lowest BCUT2D eigenvalue weighted by atomic mass is 9.91. The Bertz CT molecular complexity index is 482. The minimum absolute atomic E-state index is 0.207. The quantitative estimate of drug-likeness (QED) is 0.529. The van der Waals surface area contributed by atoms with Crippen molar-refractivity contribution < 1.29 is 9.53 Å². The molecular formula is C17H22O2S. The second-order valence-electron chi connectivity index (χ2n) is 4.45. The number of hydrogen-bond donors (Lipinski definition) is 0. The molecule has 0 radical (unpaired) electrons. The number of thioether (sulfide) groups is 1. The van der Waals surface area contributed by atoms with Crippen LogP contribution in [-0.2, 0) is 14.3 Å². The van der Waals surface area contributed by atoms with E-state index >= 15 is 0 Å². The molecule has 0 aromatic heterocycles. The van der Waals surface area contributed by atoms with Gasteiger partial charge in [0.05, 0.1) is 6.61 Å². The van der Waals surface area contributed by atoms with Gasteiger partial charge in [-0.05, 0) is 31.4 Å². The largest absolute Gasteiger partial charge is 0.465 e. The molecule has 0 aliphatic carbocycles. The lowest BCUT2D eigenvalue weighted by Crippen LogP contribution is -2.35. The molecule has 0 aliphatic heterocycles. The highest BCUT2D eigenvalue weighted by Crippen LogP contribution is 2.43. The van der Waals surface area contributed by atoms with Crippen molar-refractivity contribution in [3.8, 4) is 0 Å². The maximum atomic E-state index is 12.6. The summed E-state index contributed by atoms with van der Waals surface area (Å²) in [5.74, 6) is 0.474. The molecule has 1 unspecified atom stereocenters. The number of rotatable bonds is 8. The van der Waals surface area contributed by atoms with E-state index in [4.69, 9.17) is 4.74 Å². The first-order valence-electron chi connectivity index (χ1n) is 6.71. The molecule has 0 spiro atoms. The number of allylic oxidation sites excluding steroid dienone is 1. The molecule has 108 valence electrons. The smallest absolute Gasteiger partial charge is 0.327 e. The highest BCUT2D eigenvalue weighted by molar-refractivity contribution is 8.01. The summed E-state index contributed by atoms with van der Waals surface area (Å²) in [7, 11) is 0. The number of hydrogen-bond acceptors (Lipinski definition) is 3. The fourth-order valence-corrected chi connectivity index (χ4v) is 3.38. The van der Waals surface area contributed by atoms with E-state index in [1.807, 2.05) is 38.1 Å². The van der Waals surface area contributed by atoms with E-state index in [9.17, 15) is 4.79 Å². The van der Waals surface area contributed by atoms with Crippen molar-refractivity contribution >= 4 is 17.7 Å². The second kappa shape index (κ2) is 7.95. The lowest BCUT2D eigenvalue weighted by Gasteiger charge is -2.31. The van der Waals surface area contributed by atoms with Gasteiger partial charge in [-0.3, -0.25) is 4.79 Å². The van der Waals surface area contributed by atoms with Gasteiger partial charge >= 0.3 is 5.97 Å². The Hall–Kier alpha value is -1.48. The molecule has 0 N–H and O–H groups in total. The average molecular weight is 290 g/mol. The number of esters is 1. The van der Waals surface area contributed by atoms with Crippen molar-refractivity contribution in [1.82, 2.24) is 0 Å². The molecule has 0 saturated carbocycles. The first-order chi connectivity index (χ1) is 9.62. The monoisotopic (exact) mass is 290 g/mol. The van der Waals surface area contributed by atoms with Crippen molar-refractivity contribution in [2.45, 2.75) is 25.0 Å². The highest BCUT2D eigenvalue weighted by Gasteiger charge is 2.41. The summed E-state index contributed by atoms with van der Waals surface area (Å²) in [6, 6.07) is 7.93. The normalized spacial score (nSPS) is 13.3. The summed E-state index contributed by atoms with van der Waals surface area (Å²) in [6.07, 6.45) is 4.12. The Balaban J connectivity index is 3.35. The predicted molar refractivity (Wildman–Crippen MR) is 87.0 cm³/mol. The van der Waals surface area contributed by atoms with Crippen LogP contribution >= 0.6 is 11.8 Å². The minimum atomic E-state index is -0.739. The van der Waals surface area contributed by atoms with Crippen LogP contribution in [0.15, 0.2) is 49.6 Å². The van der Waals surface area contributed by atoms with Crippen LogP contribution in [0.25, 0.3) is 0 Å². The first kappa shape index (κ1) is 16.6. The molecule has 0 bridgehead atoms. The van der Waals surface area contributed by atoms with Crippen LogP contribution in [0.3, 0.4) is 0 Å². The molecule has 1 rings (SSSR count). The maximum absolute atomic E-state index is 12.6. The minimum Gasteiger partial charge on any atom is -0.465 e. The number of ether oxygens (including phenoxy) is 1. The summed E-state index contributed by atoms with van der Waals surface area (Å²) < 4.78 is 4.59. The summed E-state index contributed by atoms with van der Waals surface area (Å²) in [6.45, 7) is 11.8. The van der Waals surface area contributed by atoms with Gasteiger partial charge in [0.15, 0.2) is 0 Å². The average Bonchev–Trinajstić information content (AvgIpc) is 2.44. The number of carbonyl (C=O) groups is 1. The number of aryl methyl sites for hydroxylation is 1. The topological polar surface area (TPSA) is 26.3 Å². The maximum Gasteiger partial charge on any atom is 0.327 e. The van der Waals surface area contributed by atoms with Gasteiger partial charge in [0.1, 0.15) is 4.75 Å². The Morgan fingerprint density at radius 2 is 2.05 bits per heavy atom. The molecule has 0 aliphatic rings. The van der Waals surface area contributed by atoms with Crippen LogP contribution in [0.5, 0.6) is 0 Å². The molecule has 0 heterocycles. The van der Waals surface area contributed by atoms with Gasteiger partial charge in [-0.2, -0.15) is 0 Å². The fourth-order valence-electron chi connectivity index (χ4n) is 2.18. The van der Waals surface area contributed by atoms with Crippen LogP contribution in [0, 0.1) is 6.92 Å². The third-order valence-corrected chi connectivity index (χ3v) is 4.51. The molecule has 3 heteroatoms. The van der Waals surface area contributed by atoms with Gasteiger partial charge in [0, 0.05) is 5.75 Å². The molecule has 0 amide bonds. The van der Waals surface area contributed by atoms with Crippen molar-refractivity contribution in [3.63, 3.8) is 0 Å². The molecule has 1 aromatic carbocycles. The predicted octanol–water partition coefficient (Wildman–Crippen LogP) is 4.25. The molecular weight excluding hydrogens is 268 g/mol. The van der Waals surface area contributed by atoms with Crippen molar-refractivity contribution in [1.29, 1.82) is 0 Å². The summed E-state index contributed by atoms with van der Waals surface area (Å²) >= 11 is 1.55. The fraction of sp³-hybridized carbons (Fsp3) is 0.353.